The van der Waals surface area contributed by atoms with Crippen LogP contribution in [0.1, 0.15) is 35.2 Å². The van der Waals surface area contributed by atoms with Crippen molar-refractivity contribution in [1.29, 1.82) is 0 Å². The summed E-state index contributed by atoms with van der Waals surface area (Å²) >= 11 is 0. The summed E-state index contributed by atoms with van der Waals surface area (Å²) in [6.45, 7) is 1.63. The van der Waals surface area contributed by atoms with Gasteiger partial charge in [0.2, 0.25) is 10.0 Å². The highest BCUT2D eigenvalue weighted by Crippen LogP contribution is 2.28. The van der Waals surface area contributed by atoms with Gasteiger partial charge in [-0.2, -0.15) is 4.31 Å². The molecule has 1 aliphatic rings. The number of hydrogen-bond acceptors (Lipinski definition) is 5. The van der Waals surface area contributed by atoms with E-state index < -0.39 is 10.0 Å². The molecule has 0 unspecified atom stereocenters. The van der Waals surface area contributed by atoms with E-state index in [9.17, 15) is 13.2 Å². The Labute approximate surface area is 184 Å². The minimum Gasteiger partial charge on any atom is -0.493 e. The van der Waals surface area contributed by atoms with Crippen LogP contribution in [0.15, 0.2) is 47.4 Å². The molecule has 1 aliphatic heterocycles. The molecule has 1 amide bonds. The highest BCUT2D eigenvalue weighted by atomic mass is 32.2. The summed E-state index contributed by atoms with van der Waals surface area (Å²) in [6, 6.07) is 12.1. The Morgan fingerprint density at radius 1 is 1.03 bits per heavy atom. The minimum absolute atomic E-state index is 0.180. The molecule has 8 heteroatoms. The number of amides is 1. The molecule has 168 valence electrons. The van der Waals surface area contributed by atoms with E-state index in [0.29, 0.717) is 36.7 Å². The minimum atomic E-state index is -3.55. The maximum absolute atomic E-state index is 12.9. The molecule has 2 aromatic rings. The van der Waals surface area contributed by atoms with E-state index in [0.717, 1.165) is 31.2 Å². The van der Waals surface area contributed by atoms with Crippen LogP contribution >= 0.6 is 0 Å². The fraction of sp³-hybridized carbons (Fsp3) is 0.435. The molecule has 0 aliphatic carbocycles. The number of aryl methyl sites for hydroxylation is 1. The molecule has 0 bridgehead atoms. The van der Waals surface area contributed by atoms with E-state index in [-0.39, 0.29) is 10.8 Å². The second kappa shape index (κ2) is 10.2. The lowest BCUT2D eigenvalue weighted by atomic mass is 10.1. The molecule has 7 nitrogen and oxygen atoms in total. The Balaban J connectivity index is 1.61. The van der Waals surface area contributed by atoms with Crippen LogP contribution < -0.4 is 9.47 Å². The maximum Gasteiger partial charge on any atom is 0.253 e. The van der Waals surface area contributed by atoms with Crippen molar-refractivity contribution in [3.63, 3.8) is 0 Å². The third-order valence-electron chi connectivity index (χ3n) is 5.54. The number of ether oxygens (including phenoxy) is 2. The molecule has 31 heavy (non-hydrogen) atoms. The summed E-state index contributed by atoms with van der Waals surface area (Å²) in [6.07, 6.45) is 3.30. The Hall–Kier alpha value is -2.58. The van der Waals surface area contributed by atoms with Crippen LogP contribution in [-0.2, 0) is 16.4 Å². The number of rotatable bonds is 9. The van der Waals surface area contributed by atoms with E-state index in [2.05, 4.69) is 0 Å². The highest BCUT2D eigenvalue weighted by molar-refractivity contribution is 7.89. The van der Waals surface area contributed by atoms with E-state index in [1.165, 1.54) is 10.4 Å². The van der Waals surface area contributed by atoms with Crippen LogP contribution in [0, 0.1) is 0 Å². The molecular weight excluding hydrogens is 416 g/mol. The third kappa shape index (κ3) is 5.37. The van der Waals surface area contributed by atoms with Crippen LogP contribution in [0.2, 0.25) is 0 Å². The van der Waals surface area contributed by atoms with Crippen LogP contribution in [0.4, 0.5) is 0 Å². The van der Waals surface area contributed by atoms with Crippen molar-refractivity contribution in [1.82, 2.24) is 9.21 Å². The van der Waals surface area contributed by atoms with Gasteiger partial charge < -0.3 is 14.4 Å². The Morgan fingerprint density at radius 3 is 2.42 bits per heavy atom. The molecule has 0 aromatic heterocycles. The van der Waals surface area contributed by atoms with Gasteiger partial charge in [-0.05, 0) is 61.6 Å². The number of methoxy groups -OCH3 is 2. The molecule has 2 aromatic carbocycles. The summed E-state index contributed by atoms with van der Waals surface area (Å²) in [7, 11) is 1.39. The van der Waals surface area contributed by atoms with E-state index in [1.807, 2.05) is 18.2 Å². The van der Waals surface area contributed by atoms with Gasteiger partial charge in [0, 0.05) is 32.2 Å². The molecule has 1 saturated heterocycles. The predicted molar refractivity (Wildman–Crippen MR) is 119 cm³/mol. The highest BCUT2D eigenvalue weighted by Gasteiger charge is 2.27. The molecular formula is C23H30N2O5S. The van der Waals surface area contributed by atoms with Crippen molar-refractivity contribution in [3.05, 3.63) is 53.6 Å². The van der Waals surface area contributed by atoms with Gasteiger partial charge in [-0.15, -0.1) is 0 Å². The van der Waals surface area contributed by atoms with E-state index in [4.69, 9.17) is 9.47 Å². The lowest BCUT2D eigenvalue weighted by Gasteiger charge is -2.19. The fourth-order valence-electron chi connectivity index (χ4n) is 3.75. The van der Waals surface area contributed by atoms with E-state index >= 15 is 0 Å². The van der Waals surface area contributed by atoms with Gasteiger partial charge in [-0.3, -0.25) is 4.79 Å². The first-order valence-corrected chi connectivity index (χ1v) is 11.9. The van der Waals surface area contributed by atoms with Crippen molar-refractivity contribution in [2.45, 2.75) is 30.6 Å². The van der Waals surface area contributed by atoms with Gasteiger partial charge in [-0.1, -0.05) is 12.1 Å². The largest absolute Gasteiger partial charge is 0.493 e. The monoisotopic (exact) mass is 446 g/mol. The first-order valence-electron chi connectivity index (χ1n) is 10.4. The second-order valence-corrected chi connectivity index (χ2v) is 9.60. The molecule has 0 radical (unpaired) electrons. The predicted octanol–water partition coefficient (Wildman–Crippen LogP) is 3.19. The second-order valence-electron chi connectivity index (χ2n) is 7.66. The molecule has 1 fully saturated rings. The zero-order valence-corrected chi connectivity index (χ0v) is 19.2. The molecule has 1 heterocycles. The molecule has 0 N–H and O–H groups in total. The first-order chi connectivity index (χ1) is 14.9. The zero-order valence-electron chi connectivity index (χ0n) is 18.3. The number of carbonyl (C=O) groups excluding carboxylic acids is 1. The summed E-state index contributed by atoms with van der Waals surface area (Å²) in [4.78, 5) is 14.7. The topological polar surface area (TPSA) is 76.2 Å². The fourth-order valence-corrected chi connectivity index (χ4v) is 5.31. The van der Waals surface area contributed by atoms with Crippen LogP contribution in [0.5, 0.6) is 11.5 Å². The van der Waals surface area contributed by atoms with Crippen molar-refractivity contribution in [3.8, 4) is 11.5 Å². The van der Waals surface area contributed by atoms with Crippen molar-refractivity contribution >= 4 is 15.9 Å². The van der Waals surface area contributed by atoms with Gasteiger partial charge in [0.25, 0.3) is 5.91 Å². The molecule has 0 spiro atoms. The summed E-state index contributed by atoms with van der Waals surface area (Å²) in [5.74, 6) is 1.17. The van der Waals surface area contributed by atoms with Crippen LogP contribution in [0.25, 0.3) is 0 Å². The number of nitrogens with zero attached hydrogens (tertiary/aromatic N) is 2. The van der Waals surface area contributed by atoms with Gasteiger partial charge >= 0.3 is 0 Å². The normalized spacial score (nSPS) is 14.4. The lowest BCUT2D eigenvalue weighted by molar-refractivity contribution is 0.0793. The third-order valence-corrected chi connectivity index (χ3v) is 7.43. The standard InChI is InChI=1S/C23H30N2O5S/c1-24(13-7-8-18-11-12-21(29-2)22(16-18)30-3)23(26)19-9-6-10-20(17-19)31(27,28)25-14-4-5-15-25/h6,9-12,16-17H,4-5,7-8,13-15H2,1-3H3. The average Bonchev–Trinajstić information content (AvgIpc) is 3.34. The van der Waals surface area contributed by atoms with E-state index in [1.54, 1.807) is 44.4 Å². The Kier molecular flexibility index (Phi) is 7.56. The van der Waals surface area contributed by atoms with Gasteiger partial charge in [0.15, 0.2) is 11.5 Å². The quantitative estimate of drug-likeness (QED) is 0.591. The lowest BCUT2D eigenvalue weighted by Crippen LogP contribution is -2.30. The number of hydrogen-bond donors (Lipinski definition) is 0. The van der Waals surface area contributed by atoms with Crippen molar-refractivity contribution < 1.29 is 22.7 Å². The summed E-state index contributed by atoms with van der Waals surface area (Å²) in [5, 5.41) is 0. The Bertz CT molecular complexity index is 1020. The summed E-state index contributed by atoms with van der Waals surface area (Å²) in [5.41, 5.74) is 1.48. The molecule has 0 atom stereocenters. The van der Waals surface area contributed by atoms with Crippen LogP contribution in [-0.4, -0.2) is 64.4 Å². The maximum atomic E-state index is 12.9. The number of carbonyl (C=O) groups is 1. The van der Waals surface area contributed by atoms with Gasteiger partial charge in [0.1, 0.15) is 0 Å². The van der Waals surface area contributed by atoms with Gasteiger partial charge in [-0.25, -0.2) is 8.42 Å². The zero-order chi connectivity index (χ0) is 22.4. The van der Waals surface area contributed by atoms with Crippen molar-refractivity contribution in [2.24, 2.45) is 0 Å². The molecule has 3 rings (SSSR count). The number of benzene rings is 2. The van der Waals surface area contributed by atoms with Gasteiger partial charge in [0.05, 0.1) is 19.1 Å². The first kappa shape index (κ1) is 23.1. The SMILES string of the molecule is COc1ccc(CCCN(C)C(=O)c2cccc(S(=O)(=O)N3CCCC3)c2)cc1OC. The molecule has 0 saturated carbocycles. The summed E-state index contributed by atoms with van der Waals surface area (Å²) < 4.78 is 37.7. The number of sulfonamides is 1. The smallest absolute Gasteiger partial charge is 0.253 e. The van der Waals surface area contributed by atoms with Crippen molar-refractivity contribution in [2.75, 3.05) is 40.9 Å². The van der Waals surface area contributed by atoms with Crippen LogP contribution in [0.3, 0.4) is 0 Å². The Morgan fingerprint density at radius 2 is 1.74 bits per heavy atom. The average molecular weight is 447 g/mol.